The number of aliphatic carboxylic acids is 1. The van der Waals surface area contributed by atoms with Crippen LogP contribution in [0.1, 0.15) is 105 Å². The molecule has 11 heteroatoms. The van der Waals surface area contributed by atoms with E-state index < -0.39 is 11.9 Å². The van der Waals surface area contributed by atoms with Crippen molar-refractivity contribution in [1.82, 2.24) is 0 Å². The second kappa shape index (κ2) is 38.2. The summed E-state index contributed by atoms with van der Waals surface area (Å²) in [7, 11) is 1.33. The third-order valence-corrected chi connectivity index (χ3v) is 5.54. The van der Waals surface area contributed by atoms with E-state index in [0.29, 0.717) is 24.4 Å². The van der Waals surface area contributed by atoms with Crippen LogP contribution >= 0.6 is 0 Å². The highest BCUT2D eigenvalue weighted by Gasteiger charge is 2.04. The van der Waals surface area contributed by atoms with Crippen molar-refractivity contribution in [3.8, 4) is 0 Å². The number of esters is 4. The lowest BCUT2D eigenvalue weighted by atomic mass is 10.1. The fourth-order valence-corrected chi connectivity index (χ4v) is 2.90. The summed E-state index contributed by atoms with van der Waals surface area (Å²) >= 11 is 0. The molecule has 0 amide bonds. The van der Waals surface area contributed by atoms with Gasteiger partial charge in [0, 0.05) is 23.3 Å². The van der Waals surface area contributed by atoms with Gasteiger partial charge in [-0.05, 0) is 32.8 Å². The van der Waals surface area contributed by atoms with Crippen LogP contribution in [0.25, 0.3) is 0 Å². The molecule has 0 atom stereocenters. The van der Waals surface area contributed by atoms with Gasteiger partial charge in [0.15, 0.2) is 0 Å². The normalized spacial score (nSPS) is 9.49. The largest absolute Gasteiger partial charge is 0.478 e. The molecular weight excluding hydrogens is 608 g/mol. The first-order chi connectivity index (χ1) is 22.2. The van der Waals surface area contributed by atoms with Crippen molar-refractivity contribution in [3.63, 3.8) is 0 Å². The van der Waals surface area contributed by atoms with Gasteiger partial charge in [0.1, 0.15) is 6.61 Å². The highest BCUT2D eigenvalue weighted by Crippen LogP contribution is 2.10. The van der Waals surface area contributed by atoms with Crippen molar-refractivity contribution in [3.05, 3.63) is 61.3 Å². The summed E-state index contributed by atoms with van der Waals surface area (Å²) in [5.41, 5.74) is 0.848. The molecule has 2 N–H and O–H groups in total. The van der Waals surface area contributed by atoms with E-state index in [1.165, 1.54) is 71.0 Å². The number of ether oxygens (including phenoxy) is 4. The fraction of sp³-hybridized carbons (Fsp3) is 0.583. The van der Waals surface area contributed by atoms with Crippen LogP contribution in [0.4, 0.5) is 0 Å². The van der Waals surface area contributed by atoms with Gasteiger partial charge < -0.3 is 29.2 Å². The summed E-state index contributed by atoms with van der Waals surface area (Å²) in [6, 6.07) is 0. The predicted molar refractivity (Wildman–Crippen MR) is 184 cm³/mol. The quantitative estimate of drug-likeness (QED) is 0.0402. The molecule has 0 bridgehead atoms. The molecular formula is C36H60O11. The summed E-state index contributed by atoms with van der Waals surface area (Å²) in [5.74, 6) is -2.85. The lowest BCUT2D eigenvalue weighted by molar-refractivity contribution is -0.140. The Morgan fingerprint density at radius 1 is 0.617 bits per heavy atom. The van der Waals surface area contributed by atoms with E-state index in [4.69, 9.17) is 14.9 Å². The minimum atomic E-state index is -1.17. The highest BCUT2D eigenvalue weighted by molar-refractivity contribution is 5.93. The van der Waals surface area contributed by atoms with Crippen molar-refractivity contribution < 1.29 is 53.1 Å². The molecule has 47 heavy (non-hydrogen) atoms. The molecule has 0 aromatic carbocycles. The maximum atomic E-state index is 11.1. The zero-order chi connectivity index (χ0) is 36.9. The molecule has 0 radical (unpaired) electrons. The lowest BCUT2D eigenvalue weighted by Crippen LogP contribution is -2.09. The molecule has 0 aromatic rings. The monoisotopic (exact) mass is 668 g/mol. The molecule has 0 saturated carbocycles. The second-order valence-corrected chi connectivity index (χ2v) is 10.2. The standard InChI is InChI=1S/C16H30O2.C8H10O5.C7H12O2.C5H8O2/c1-4-5-6-7-8-9-10-11-12-13-14-18-16(17)15(2)3;1-6(2-3-7(10)11)8(12)13-5-4-9;1-3-5-6-9-7(8)4-2;1-4(2)5(6)7-3/h2,4-14H2,1,3H3;2-3,9H,1,4-5H2,(H,10,11);4H,2-3,5-6H2,1H3;1H2,2-3H3. The number of carboxylic acids is 1. The molecule has 11 nitrogen and oxygen atoms in total. The van der Waals surface area contributed by atoms with Gasteiger partial charge in [-0.2, -0.15) is 0 Å². The first-order valence-electron chi connectivity index (χ1n) is 16.0. The van der Waals surface area contributed by atoms with E-state index in [-0.39, 0.29) is 36.7 Å². The number of carbonyl (C=O) groups excluding carboxylic acids is 4. The summed E-state index contributed by atoms with van der Waals surface area (Å²) < 4.78 is 18.4. The smallest absolute Gasteiger partial charge is 0.337 e. The van der Waals surface area contributed by atoms with Gasteiger partial charge in [-0.1, -0.05) is 104 Å². The SMILES string of the molecule is C=C(C)C(=O)OC.C=C(C)C(=O)OCCCCCCCCCCCC.C=C(C=CC(=O)O)C(=O)OCCO.C=CC(=O)OCCCC. The van der Waals surface area contributed by atoms with Crippen molar-refractivity contribution in [2.45, 2.75) is 105 Å². The van der Waals surface area contributed by atoms with Gasteiger partial charge in [-0.3, -0.25) is 0 Å². The lowest BCUT2D eigenvalue weighted by Gasteiger charge is -2.04. The maximum absolute atomic E-state index is 11.1. The van der Waals surface area contributed by atoms with Crippen molar-refractivity contribution in [1.29, 1.82) is 0 Å². The van der Waals surface area contributed by atoms with Crippen LogP contribution < -0.4 is 0 Å². The number of carbonyl (C=O) groups is 5. The van der Waals surface area contributed by atoms with Crippen LogP contribution in [0.5, 0.6) is 0 Å². The van der Waals surface area contributed by atoms with Gasteiger partial charge in [0.05, 0.1) is 32.5 Å². The first-order valence-corrected chi connectivity index (χ1v) is 16.0. The Hall–Kier alpha value is -3.99. The number of aliphatic hydroxyl groups excluding tert-OH is 1. The Morgan fingerprint density at radius 3 is 1.45 bits per heavy atom. The van der Waals surface area contributed by atoms with E-state index in [2.05, 4.69) is 47.5 Å². The molecule has 0 spiro atoms. The number of methoxy groups -OCH3 is 1. The van der Waals surface area contributed by atoms with E-state index in [0.717, 1.165) is 31.4 Å². The molecule has 0 rings (SSSR count). The van der Waals surface area contributed by atoms with Crippen LogP contribution in [0, 0.1) is 0 Å². The molecule has 0 aromatic heterocycles. The Morgan fingerprint density at radius 2 is 1.06 bits per heavy atom. The molecule has 0 aliphatic rings. The Kier molecular flexibility index (Phi) is 40.5. The summed E-state index contributed by atoms with van der Waals surface area (Å²) in [5, 5.41) is 16.5. The second-order valence-electron chi connectivity index (χ2n) is 10.2. The predicted octanol–water partition coefficient (Wildman–Crippen LogP) is 7.00. The number of hydrogen-bond acceptors (Lipinski definition) is 10. The third-order valence-electron chi connectivity index (χ3n) is 5.54. The molecule has 0 unspecified atom stereocenters. The molecule has 270 valence electrons. The van der Waals surface area contributed by atoms with Crippen LogP contribution in [0.15, 0.2) is 61.3 Å². The van der Waals surface area contributed by atoms with Crippen molar-refractivity contribution in [2.24, 2.45) is 0 Å². The van der Waals surface area contributed by atoms with Gasteiger partial charge in [-0.25, -0.2) is 24.0 Å². The minimum Gasteiger partial charge on any atom is -0.478 e. The van der Waals surface area contributed by atoms with E-state index in [1.807, 2.05) is 6.92 Å². The summed E-state index contributed by atoms with van der Waals surface area (Å²) in [6.07, 6.45) is 17.9. The topological polar surface area (TPSA) is 163 Å². The van der Waals surface area contributed by atoms with Crippen LogP contribution in [-0.2, 0) is 42.9 Å². The Balaban J connectivity index is -0.000000279. The van der Waals surface area contributed by atoms with Crippen molar-refractivity contribution in [2.75, 3.05) is 33.5 Å². The third kappa shape index (κ3) is 44.2. The van der Waals surface area contributed by atoms with Crippen LogP contribution in [0.2, 0.25) is 0 Å². The van der Waals surface area contributed by atoms with E-state index in [9.17, 15) is 24.0 Å². The average molecular weight is 669 g/mol. The van der Waals surface area contributed by atoms with E-state index >= 15 is 0 Å². The first kappa shape index (κ1) is 49.9. The van der Waals surface area contributed by atoms with Crippen molar-refractivity contribution >= 4 is 29.8 Å². The summed E-state index contributed by atoms with van der Waals surface area (Å²) in [6.45, 7) is 21.7. The maximum Gasteiger partial charge on any atom is 0.337 e. The molecule has 0 aliphatic carbocycles. The van der Waals surface area contributed by atoms with Crippen LogP contribution in [0.3, 0.4) is 0 Å². The summed E-state index contributed by atoms with van der Waals surface area (Å²) in [4.78, 5) is 52.5. The van der Waals surface area contributed by atoms with Gasteiger partial charge in [-0.15, -0.1) is 0 Å². The van der Waals surface area contributed by atoms with Gasteiger partial charge in [0.25, 0.3) is 0 Å². The van der Waals surface area contributed by atoms with Gasteiger partial charge >= 0.3 is 29.8 Å². The fourth-order valence-electron chi connectivity index (χ4n) is 2.90. The molecule has 0 aliphatic heterocycles. The zero-order valence-electron chi connectivity index (χ0n) is 29.4. The minimum absolute atomic E-state index is 0.0733. The zero-order valence-corrected chi connectivity index (χ0v) is 29.4. The molecule has 0 heterocycles. The Labute approximate surface area is 282 Å². The van der Waals surface area contributed by atoms with Gasteiger partial charge in [0.2, 0.25) is 0 Å². The Bertz CT molecular complexity index is 949. The number of rotatable bonds is 22. The highest BCUT2D eigenvalue weighted by atomic mass is 16.5. The number of carboxylic acid groups (broad SMARTS) is 1. The number of aliphatic hydroxyl groups is 1. The van der Waals surface area contributed by atoms with E-state index in [1.54, 1.807) is 13.8 Å². The number of hydrogen-bond donors (Lipinski definition) is 2. The number of unbranched alkanes of at least 4 members (excludes halogenated alkanes) is 10. The molecule has 0 saturated heterocycles. The average Bonchev–Trinajstić information content (AvgIpc) is 3.05. The molecule has 0 fully saturated rings. The van der Waals surface area contributed by atoms with Crippen LogP contribution in [-0.4, -0.2) is 73.6 Å².